The Balaban J connectivity index is 1.84. The standard InChI is InChI=1S/C12H14N6O/c1-17-8-7-10(11(17)19)13-12-14-15-16-18(12)9-5-3-2-4-6-9/h2-6,10H,7-8H2,1H3,(H,13,14,16). The number of para-hydroxylation sites is 1. The summed E-state index contributed by atoms with van der Waals surface area (Å²) in [5, 5.41) is 14.6. The number of rotatable bonds is 3. The number of carbonyl (C=O) groups excluding carboxylic acids is 1. The summed E-state index contributed by atoms with van der Waals surface area (Å²) in [6.45, 7) is 0.753. The summed E-state index contributed by atoms with van der Waals surface area (Å²) in [7, 11) is 1.80. The number of anilines is 1. The number of nitrogens with zero attached hydrogens (tertiary/aromatic N) is 5. The Hall–Kier alpha value is -2.44. The molecule has 0 radical (unpaired) electrons. The zero-order valence-electron chi connectivity index (χ0n) is 10.5. The third-order valence-corrected chi connectivity index (χ3v) is 3.20. The van der Waals surface area contributed by atoms with Gasteiger partial charge in [0.2, 0.25) is 11.9 Å². The van der Waals surface area contributed by atoms with Crippen LogP contribution in [0.2, 0.25) is 0 Å². The van der Waals surface area contributed by atoms with E-state index in [4.69, 9.17) is 0 Å². The van der Waals surface area contributed by atoms with Crippen molar-refractivity contribution in [3.8, 4) is 5.69 Å². The predicted molar refractivity (Wildman–Crippen MR) is 68.8 cm³/mol. The number of nitrogens with one attached hydrogen (secondary N) is 1. The summed E-state index contributed by atoms with van der Waals surface area (Å²) in [6, 6.07) is 9.31. The van der Waals surface area contributed by atoms with E-state index in [0.29, 0.717) is 5.95 Å². The predicted octanol–water partition coefficient (Wildman–Crippen LogP) is 0.305. The van der Waals surface area contributed by atoms with E-state index >= 15 is 0 Å². The Labute approximate surface area is 110 Å². The van der Waals surface area contributed by atoms with E-state index < -0.39 is 0 Å². The summed E-state index contributed by atoms with van der Waals surface area (Å²) in [6.07, 6.45) is 0.761. The first-order valence-corrected chi connectivity index (χ1v) is 6.11. The molecule has 1 atom stereocenters. The second-order valence-electron chi connectivity index (χ2n) is 4.50. The number of aromatic nitrogens is 4. The van der Waals surface area contributed by atoms with Crippen LogP contribution in [0.4, 0.5) is 5.95 Å². The maximum Gasteiger partial charge on any atom is 0.248 e. The zero-order chi connectivity index (χ0) is 13.2. The first kappa shape index (κ1) is 11.6. The van der Waals surface area contributed by atoms with Crippen LogP contribution in [-0.2, 0) is 4.79 Å². The van der Waals surface area contributed by atoms with Crippen LogP contribution in [0.15, 0.2) is 30.3 Å². The fraction of sp³-hybridized carbons (Fsp3) is 0.333. The number of tetrazole rings is 1. The molecular formula is C12H14N6O. The van der Waals surface area contributed by atoms with Gasteiger partial charge >= 0.3 is 0 Å². The van der Waals surface area contributed by atoms with E-state index in [9.17, 15) is 4.79 Å². The molecule has 1 aromatic heterocycles. The number of likely N-dealkylation sites (N-methyl/N-ethyl adjacent to an activating group) is 1. The van der Waals surface area contributed by atoms with Crippen LogP contribution in [0, 0.1) is 0 Å². The van der Waals surface area contributed by atoms with Gasteiger partial charge in [-0.25, -0.2) is 0 Å². The number of hydrogen-bond acceptors (Lipinski definition) is 5. The van der Waals surface area contributed by atoms with Gasteiger partial charge in [-0.05, 0) is 29.0 Å². The van der Waals surface area contributed by atoms with Gasteiger partial charge in [0.05, 0.1) is 5.69 Å². The van der Waals surface area contributed by atoms with Crippen molar-refractivity contribution >= 4 is 11.9 Å². The maximum atomic E-state index is 11.9. The third-order valence-electron chi connectivity index (χ3n) is 3.20. The minimum atomic E-state index is -0.251. The Kier molecular flexibility index (Phi) is 2.86. The molecule has 1 unspecified atom stereocenters. The van der Waals surface area contributed by atoms with Crippen LogP contribution in [0.1, 0.15) is 6.42 Å². The van der Waals surface area contributed by atoms with Crippen molar-refractivity contribution in [3.05, 3.63) is 30.3 Å². The molecule has 0 bridgehead atoms. The fourth-order valence-electron chi connectivity index (χ4n) is 2.13. The molecule has 1 amide bonds. The topological polar surface area (TPSA) is 75.9 Å². The van der Waals surface area contributed by atoms with Crippen molar-refractivity contribution < 1.29 is 4.79 Å². The highest BCUT2D eigenvalue weighted by atomic mass is 16.2. The molecule has 1 aliphatic heterocycles. The van der Waals surface area contributed by atoms with Gasteiger partial charge in [0.25, 0.3) is 0 Å². The van der Waals surface area contributed by atoms with Crippen LogP contribution in [-0.4, -0.2) is 50.6 Å². The van der Waals surface area contributed by atoms with Gasteiger partial charge in [-0.15, -0.1) is 0 Å². The lowest BCUT2D eigenvalue weighted by Gasteiger charge is -2.12. The van der Waals surface area contributed by atoms with Crippen molar-refractivity contribution in [2.24, 2.45) is 0 Å². The smallest absolute Gasteiger partial charge is 0.248 e. The molecule has 1 saturated heterocycles. The maximum absolute atomic E-state index is 11.9. The summed E-state index contributed by atoms with van der Waals surface area (Å²) in [5.74, 6) is 0.558. The van der Waals surface area contributed by atoms with Crippen molar-refractivity contribution in [2.75, 3.05) is 18.9 Å². The monoisotopic (exact) mass is 258 g/mol. The van der Waals surface area contributed by atoms with Crippen molar-refractivity contribution in [2.45, 2.75) is 12.5 Å². The molecule has 2 heterocycles. The van der Waals surface area contributed by atoms with Crippen LogP contribution in [0.3, 0.4) is 0 Å². The highest BCUT2D eigenvalue weighted by Crippen LogP contribution is 2.16. The molecule has 0 saturated carbocycles. The lowest BCUT2D eigenvalue weighted by atomic mass is 10.2. The van der Waals surface area contributed by atoms with E-state index in [1.54, 1.807) is 16.6 Å². The lowest BCUT2D eigenvalue weighted by Crippen LogP contribution is -2.31. The van der Waals surface area contributed by atoms with Gasteiger partial charge in [0.1, 0.15) is 6.04 Å². The second-order valence-corrected chi connectivity index (χ2v) is 4.50. The molecule has 1 aromatic carbocycles. The fourth-order valence-corrected chi connectivity index (χ4v) is 2.13. The minimum Gasteiger partial charge on any atom is -0.344 e. The number of hydrogen-bond donors (Lipinski definition) is 1. The van der Waals surface area contributed by atoms with Gasteiger partial charge in [0.15, 0.2) is 0 Å². The first-order chi connectivity index (χ1) is 9.25. The van der Waals surface area contributed by atoms with E-state index in [-0.39, 0.29) is 11.9 Å². The molecule has 7 nitrogen and oxygen atoms in total. The minimum absolute atomic E-state index is 0.0719. The molecule has 19 heavy (non-hydrogen) atoms. The number of carbonyl (C=O) groups is 1. The van der Waals surface area contributed by atoms with Gasteiger partial charge in [-0.2, -0.15) is 4.68 Å². The number of benzene rings is 1. The number of likely N-dealkylation sites (tertiary alicyclic amines) is 1. The van der Waals surface area contributed by atoms with Crippen molar-refractivity contribution in [1.82, 2.24) is 25.1 Å². The van der Waals surface area contributed by atoms with Gasteiger partial charge in [-0.1, -0.05) is 23.3 Å². The van der Waals surface area contributed by atoms with E-state index in [0.717, 1.165) is 18.7 Å². The largest absolute Gasteiger partial charge is 0.344 e. The summed E-state index contributed by atoms with van der Waals surface area (Å²) in [5.41, 5.74) is 0.855. The van der Waals surface area contributed by atoms with Crippen LogP contribution in [0.25, 0.3) is 5.69 Å². The average molecular weight is 258 g/mol. The summed E-state index contributed by atoms with van der Waals surface area (Å²) < 4.78 is 1.59. The Morgan fingerprint density at radius 2 is 2.11 bits per heavy atom. The highest BCUT2D eigenvalue weighted by molar-refractivity contribution is 5.86. The Morgan fingerprint density at radius 3 is 2.79 bits per heavy atom. The molecule has 1 fully saturated rings. The molecule has 3 rings (SSSR count). The van der Waals surface area contributed by atoms with E-state index in [1.807, 2.05) is 30.3 Å². The Morgan fingerprint density at radius 1 is 1.32 bits per heavy atom. The lowest BCUT2D eigenvalue weighted by molar-refractivity contribution is -0.127. The first-order valence-electron chi connectivity index (χ1n) is 6.11. The van der Waals surface area contributed by atoms with E-state index in [1.165, 1.54) is 0 Å². The molecule has 0 spiro atoms. The van der Waals surface area contributed by atoms with Crippen LogP contribution in [0.5, 0.6) is 0 Å². The molecule has 98 valence electrons. The third kappa shape index (κ3) is 2.14. The summed E-state index contributed by atoms with van der Waals surface area (Å²) in [4.78, 5) is 13.6. The highest BCUT2D eigenvalue weighted by Gasteiger charge is 2.30. The van der Waals surface area contributed by atoms with E-state index in [2.05, 4.69) is 20.8 Å². The SMILES string of the molecule is CN1CCC(Nc2nnnn2-c2ccccc2)C1=O. The number of amides is 1. The van der Waals surface area contributed by atoms with Gasteiger partial charge in [-0.3, -0.25) is 4.79 Å². The van der Waals surface area contributed by atoms with Crippen molar-refractivity contribution in [3.63, 3.8) is 0 Å². The normalized spacial score (nSPS) is 18.9. The summed E-state index contributed by atoms with van der Waals surface area (Å²) >= 11 is 0. The molecule has 1 aliphatic rings. The average Bonchev–Trinajstić information content (AvgIpc) is 3.02. The zero-order valence-corrected chi connectivity index (χ0v) is 10.5. The molecule has 1 N–H and O–H groups in total. The van der Waals surface area contributed by atoms with Gasteiger partial charge < -0.3 is 10.2 Å². The van der Waals surface area contributed by atoms with Crippen LogP contribution >= 0.6 is 0 Å². The van der Waals surface area contributed by atoms with Crippen LogP contribution < -0.4 is 5.32 Å². The van der Waals surface area contributed by atoms with Crippen molar-refractivity contribution in [1.29, 1.82) is 0 Å². The quantitative estimate of drug-likeness (QED) is 0.857. The Bertz CT molecular complexity index is 581. The second kappa shape index (κ2) is 4.68. The molecule has 2 aromatic rings. The molecule has 0 aliphatic carbocycles. The van der Waals surface area contributed by atoms with Gasteiger partial charge in [0, 0.05) is 13.6 Å². The molecular weight excluding hydrogens is 244 g/mol. The molecule has 7 heteroatoms.